The van der Waals surface area contributed by atoms with Crippen LogP contribution in [0.4, 0.5) is 0 Å². The standard InChI is InChI=1S/C48H50O3/c1-5-47(3,39-23-11-7-12-24-39)45(35-37-21-19-31-43(33-37)49-41-27-15-9-16-28-41)51-46(48(4,6-2)40-25-13-8-14-26-40)36-38-22-20-32-44(34-38)50-42-29-17-10-18-30-42/h7-34,45-46H,5-6,35-36H2,1-4H3. The van der Waals surface area contributed by atoms with E-state index in [1.165, 1.54) is 22.3 Å². The quantitative estimate of drug-likeness (QED) is 0.102. The van der Waals surface area contributed by atoms with Crippen LogP contribution in [-0.2, 0) is 28.4 Å². The van der Waals surface area contributed by atoms with Crippen molar-refractivity contribution in [2.75, 3.05) is 0 Å². The number of ether oxygens (including phenoxy) is 3. The lowest BCUT2D eigenvalue weighted by Crippen LogP contribution is -2.48. The summed E-state index contributed by atoms with van der Waals surface area (Å²) in [6, 6.07) is 58.7. The molecule has 3 nitrogen and oxygen atoms in total. The summed E-state index contributed by atoms with van der Waals surface area (Å²) in [7, 11) is 0. The first-order valence-electron chi connectivity index (χ1n) is 18.3. The molecule has 0 aliphatic heterocycles. The molecule has 6 aromatic rings. The largest absolute Gasteiger partial charge is 0.457 e. The minimum atomic E-state index is -0.264. The van der Waals surface area contributed by atoms with Gasteiger partial charge in [0.25, 0.3) is 0 Å². The lowest BCUT2D eigenvalue weighted by atomic mass is 9.71. The van der Waals surface area contributed by atoms with Crippen molar-refractivity contribution in [3.8, 4) is 23.0 Å². The Labute approximate surface area is 304 Å². The van der Waals surface area contributed by atoms with E-state index < -0.39 is 0 Å². The van der Waals surface area contributed by atoms with Gasteiger partial charge in [0.2, 0.25) is 0 Å². The van der Waals surface area contributed by atoms with Gasteiger partial charge in [-0.15, -0.1) is 0 Å². The lowest BCUT2D eigenvalue weighted by molar-refractivity contribution is -0.0840. The number of hydrogen-bond donors (Lipinski definition) is 0. The van der Waals surface area contributed by atoms with Crippen LogP contribution < -0.4 is 9.47 Å². The highest BCUT2D eigenvalue weighted by Gasteiger charge is 2.42. The maximum Gasteiger partial charge on any atom is 0.127 e. The van der Waals surface area contributed by atoms with Crippen LogP contribution in [0.15, 0.2) is 170 Å². The van der Waals surface area contributed by atoms with Crippen molar-refractivity contribution in [3.63, 3.8) is 0 Å². The number of benzene rings is 6. The van der Waals surface area contributed by atoms with E-state index in [2.05, 4.69) is 125 Å². The molecule has 0 aromatic heterocycles. The van der Waals surface area contributed by atoms with Crippen LogP contribution >= 0.6 is 0 Å². The Balaban J connectivity index is 1.40. The van der Waals surface area contributed by atoms with Gasteiger partial charge in [0, 0.05) is 10.8 Å². The van der Waals surface area contributed by atoms with Crippen molar-refractivity contribution < 1.29 is 14.2 Å². The monoisotopic (exact) mass is 674 g/mol. The fourth-order valence-corrected chi connectivity index (χ4v) is 7.07. The second-order valence-electron chi connectivity index (χ2n) is 13.9. The summed E-state index contributed by atoms with van der Waals surface area (Å²) in [4.78, 5) is 0. The Morgan fingerprint density at radius 2 is 0.745 bits per heavy atom. The molecule has 0 saturated carbocycles. The number of rotatable bonds is 16. The molecule has 51 heavy (non-hydrogen) atoms. The van der Waals surface area contributed by atoms with Crippen molar-refractivity contribution in [3.05, 3.63) is 192 Å². The van der Waals surface area contributed by atoms with Gasteiger partial charge in [0.1, 0.15) is 23.0 Å². The Hall–Kier alpha value is -5.12. The van der Waals surface area contributed by atoms with Gasteiger partial charge in [-0.2, -0.15) is 0 Å². The van der Waals surface area contributed by atoms with Crippen molar-refractivity contribution in [2.45, 2.75) is 76.4 Å². The fraction of sp³-hybridized carbons (Fsp3) is 0.250. The summed E-state index contributed by atoms with van der Waals surface area (Å²) in [5.74, 6) is 3.30. The van der Waals surface area contributed by atoms with Crippen LogP contribution in [0.3, 0.4) is 0 Å². The average molecular weight is 675 g/mol. The topological polar surface area (TPSA) is 27.7 Å². The number of para-hydroxylation sites is 2. The van der Waals surface area contributed by atoms with E-state index >= 15 is 0 Å². The van der Waals surface area contributed by atoms with E-state index in [-0.39, 0.29) is 23.0 Å². The van der Waals surface area contributed by atoms with E-state index in [1.54, 1.807) is 0 Å². The first-order chi connectivity index (χ1) is 24.9. The Bertz CT molecular complexity index is 1780. The van der Waals surface area contributed by atoms with E-state index in [1.807, 2.05) is 72.8 Å². The first kappa shape index (κ1) is 35.7. The van der Waals surface area contributed by atoms with Crippen LogP contribution in [0.2, 0.25) is 0 Å². The van der Waals surface area contributed by atoms with Crippen LogP contribution in [0.25, 0.3) is 0 Å². The first-order valence-corrected chi connectivity index (χ1v) is 18.3. The van der Waals surface area contributed by atoms with E-state index in [0.29, 0.717) is 0 Å². The van der Waals surface area contributed by atoms with E-state index in [9.17, 15) is 0 Å². The Kier molecular flexibility index (Phi) is 11.7. The van der Waals surface area contributed by atoms with Crippen molar-refractivity contribution in [1.29, 1.82) is 0 Å². The molecule has 0 bridgehead atoms. The molecule has 0 saturated heterocycles. The zero-order chi connectivity index (χ0) is 35.5. The zero-order valence-corrected chi connectivity index (χ0v) is 30.4. The maximum absolute atomic E-state index is 7.71. The van der Waals surface area contributed by atoms with Crippen molar-refractivity contribution >= 4 is 0 Å². The van der Waals surface area contributed by atoms with E-state index in [4.69, 9.17) is 14.2 Å². The van der Waals surface area contributed by atoms with Crippen LogP contribution in [0, 0.1) is 0 Å². The summed E-state index contributed by atoms with van der Waals surface area (Å²) in [5.41, 5.74) is 4.39. The second-order valence-corrected chi connectivity index (χ2v) is 13.9. The molecule has 0 fully saturated rings. The van der Waals surface area contributed by atoms with Crippen LogP contribution in [0.1, 0.15) is 62.8 Å². The summed E-state index contributed by atoms with van der Waals surface area (Å²) < 4.78 is 20.3. The summed E-state index contributed by atoms with van der Waals surface area (Å²) in [6.07, 6.45) is 3.02. The predicted molar refractivity (Wildman–Crippen MR) is 210 cm³/mol. The second kappa shape index (κ2) is 16.7. The molecule has 4 unspecified atom stereocenters. The van der Waals surface area contributed by atoms with Gasteiger partial charge in [-0.05, 0) is 96.5 Å². The van der Waals surface area contributed by atoms with Crippen molar-refractivity contribution in [2.24, 2.45) is 0 Å². The average Bonchev–Trinajstić information content (AvgIpc) is 3.18. The molecule has 6 rings (SSSR count). The van der Waals surface area contributed by atoms with Gasteiger partial charge in [0.15, 0.2) is 0 Å². The number of hydrogen-bond acceptors (Lipinski definition) is 3. The van der Waals surface area contributed by atoms with Gasteiger partial charge in [-0.1, -0.05) is 149 Å². The summed E-state index contributed by atoms with van der Waals surface area (Å²) >= 11 is 0. The summed E-state index contributed by atoms with van der Waals surface area (Å²) in [6.45, 7) is 9.31. The molecular weight excluding hydrogens is 625 g/mol. The molecule has 0 amide bonds. The molecule has 0 aliphatic carbocycles. The van der Waals surface area contributed by atoms with Crippen LogP contribution in [-0.4, -0.2) is 12.2 Å². The highest BCUT2D eigenvalue weighted by atomic mass is 16.5. The molecular formula is C48H50O3. The van der Waals surface area contributed by atoms with Gasteiger partial charge in [0.05, 0.1) is 12.2 Å². The van der Waals surface area contributed by atoms with Gasteiger partial charge < -0.3 is 14.2 Å². The molecule has 260 valence electrons. The minimum Gasteiger partial charge on any atom is -0.457 e. The van der Waals surface area contributed by atoms with Crippen molar-refractivity contribution in [1.82, 2.24) is 0 Å². The third kappa shape index (κ3) is 8.79. The molecule has 6 aromatic carbocycles. The molecule has 0 heterocycles. The Morgan fingerprint density at radius 3 is 1.10 bits per heavy atom. The minimum absolute atomic E-state index is 0.139. The molecule has 0 aliphatic rings. The SMILES string of the molecule is CCC(C)(c1ccccc1)C(Cc1cccc(Oc2ccccc2)c1)OC(Cc1cccc(Oc2ccccc2)c1)C(C)(CC)c1ccccc1. The normalized spacial score (nSPS) is 14.8. The maximum atomic E-state index is 7.71. The lowest BCUT2D eigenvalue weighted by Gasteiger charge is -2.45. The molecule has 4 atom stereocenters. The third-order valence-electron chi connectivity index (χ3n) is 10.7. The van der Waals surface area contributed by atoms with Gasteiger partial charge >= 0.3 is 0 Å². The highest BCUT2D eigenvalue weighted by Crippen LogP contribution is 2.41. The van der Waals surface area contributed by atoms with Gasteiger partial charge in [-0.25, -0.2) is 0 Å². The molecule has 3 heteroatoms. The zero-order valence-electron chi connectivity index (χ0n) is 30.4. The van der Waals surface area contributed by atoms with Gasteiger partial charge in [-0.3, -0.25) is 0 Å². The van der Waals surface area contributed by atoms with E-state index in [0.717, 1.165) is 48.7 Å². The molecule has 0 radical (unpaired) electrons. The summed E-state index contributed by atoms with van der Waals surface area (Å²) in [5, 5.41) is 0. The molecule has 0 N–H and O–H groups in total. The Morgan fingerprint density at radius 1 is 0.412 bits per heavy atom. The fourth-order valence-electron chi connectivity index (χ4n) is 7.07. The molecule has 0 spiro atoms. The third-order valence-corrected chi connectivity index (χ3v) is 10.7. The predicted octanol–water partition coefficient (Wildman–Crippen LogP) is 12.5. The van der Waals surface area contributed by atoms with Crippen LogP contribution in [0.5, 0.6) is 23.0 Å². The smallest absolute Gasteiger partial charge is 0.127 e. The highest BCUT2D eigenvalue weighted by molar-refractivity contribution is 5.37.